The van der Waals surface area contributed by atoms with Crippen LogP contribution in [0.15, 0.2) is 70.9 Å². The molecule has 0 atom stereocenters. The van der Waals surface area contributed by atoms with Gasteiger partial charge in [-0.2, -0.15) is 0 Å². The topological polar surface area (TPSA) is 117 Å². The zero-order chi connectivity index (χ0) is 80.4. The predicted molar refractivity (Wildman–Crippen MR) is 375 cm³/mol. The van der Waals surface area contributed by atoms with Crippen LogP contribution in [0.25, 0.3) is 126 Å². The molecule has 3 aromatic heterocycles. The second-order valence-electron chi connectivity index (χ2n) is 30.3. The Kier molecular flexibility index (Phi) is 18.5. The summed E-state index contributed by atoms with van der Waals surface area (Å²) in [5.74, 6) is -52.4. The number of aromatic nitrogens is 6. The molecule has 8 nitrogen and oxygen atoms in total. The van der Waals surface area contributed by atoms with Gasteiger partial charge in [0.15, 0.2) is 105 Å². The molecule has 4 aliphatic heterocycles. The molecule has 0 fully saturated rings. The van der Waals surface area contributed by atoms with Gasteiger partial charge in [0, 0.05) is 77.1 Å². The highest BCUT2D eigenvalue weighted by Gasteiger charge is 2.40. The monoisotopic (exact) mass is 1530 g/mol. The highest BCUT2D eigenvalue weighted by molar-refractivity contribution is 6.16. The maximum absolute atomic E-state index is 16.9. The molecule has 0 saturated heterocycles. The van der Waals surface area contributed by atoms with Gasteiger partial charge in [-0.3, -0.25) is 9.59 Å². The fraction of sp³-hybridized carbons (Fsp3) is 0.195. The molecular weight excluding hydrogens is 1480 g/mol. The minimum Gasteiger partial charge on any atom is -0.354 e. The lowest BCUT2D eigenvalue weighted by Gasteiger charge is -2.31. The number of carbonyl (C=O) groups excluding carboxylic acids is 2. The quantitative estimate of drug-likeness (QED) is 0.103. The largest absolute Gasteiger partial charge is 0.354 e. The molecule has 0 radical (unpaired) electrons. The number of allylic oxidation sites excluding steroid dienone is 8. The first-order valence-electron chi connectivity index (χ1n) is 33.3. The average molecular weight is 1540 g/mol. The van der Waals surface area contributed by atoms with Crippen LogP contribution in [0.5, 0.6) is 0 Å². The van der Waals surface area contributed by atoms with Crippen molar-refractivity contribution in [1.29, 1.82) is 0 Å². The van der Waals surface area contributed by atoms with Gasteiger partial charge in [0.1, 0.15) is 0 Å². The Morgan fingerprint density at radius 1 is 0.227 bits per heavy atom. The summed E-state index contributed by atoms with van der Waals surface area (Å²) in [4.78, 5) is 52.9. The summed E-state index contributed by atoms with van der Waals surface area (Å²) in [5, 5.41) is -0.657. The fourth-order valence-corrected chi connectivity index (χ4v) is 13.5. The van der Waals surface area contributed by atoms with Crippen LogP contribution in [0.2, 0.25) is 0 Å². The van der Waals surface area contributed by atoms with E-state index >= 15 is 87.8 Å². The number of rotatable bonds is 4. The summed E-state index contributed by atoms with van der Waals surface area (Å²) in [7, 11) is 0. The molecule has 0 spiro atoms. The average Bonchev–Trinajstić information content (AvgIpc) is 1.56. The lowest BCUT2D eigenvalue weighted by Crippen LogP contribution is -2.29. The molecule has 110 heavy (non-hydrogen) atoms. The Balaban J connectivity index is 1.37. The van der Waals surface area contributed by atoms with Gasteiger partial charge in [-0.15, -0.1) is 0 Å². The Bertz CT molecular complexity index is 5380. The van der Waals surface area contributed by atoms with Crippen molar-refractivity contribution in [2.45, 2.75) is 83.1 Å². The number of nitrogens with zero attached hydrogens (tertiary/aromatic N) is 4. The fourth-order valence-electron chi connectivity index (χ4n) is 13.5. The van der Waals surface area contributed by atoms with Crippen LogP contribution in [0.4, 0.5) is 87.8 Å². The first-order valence-corrected chi connectivity index (χ1v) is 33.3. The van der Waals surface area contributed by atoms with E-state index in [2.05, 4.69) is 29.9 Å². The zero-order valence-electron chi connectivity index (χ0n) is 59.4. The summed E-state index contributed by atoms with van der Waals surface area (Å²) in [5.41, 5.74) is -24.1. The van der Waals surface area contributed by atoms with Gasteiger partial charge in [0.2, 0.25) is 23.3 Å². The van der Waals surface area contributed by atoms with Gasteiger partial charge in [0.05, 0.1) is 67.8 Å². The summed E-state index contributed by atoms with van der Waals surface area (Å²) < 4.78 is 324. The molecule has 4 aromatic carbocycles. The number of hydrogen-bond acceptors (Lipinski definition) is 6. The van der Waals surface area contributed by atoms with Crippen LogP contribution in [-0.4, -0.2) is 41.5 Å². The van der Waals surface area contributed by atoms with E-state index in [4.69, 9.17) is 0 Å². The van der Waals surface area contributed by atoms with Crippen molar-refractivity contribution in [2.24, 2.45) is 21.7 Å². The van der Waals surface area contributed by atoms with Crippen LogP contribution in [-0.2, 0) is 9.59 Å². The van der Waals surface area contributed by atoms with E-state index in [1.165, 1.54) is 24.3 Å². The number of hydrogen-bond donors (Lipinski definition) is 2. The molecule has 13 rings (SSSR count). The molecule has 0 unspecified atom stereocenters. The Hall–Kier alpha value is -11.6. The van der Waals surface area contributed by atoms with Gasteiger partial charge < -0.3 is 9.97 Å². The third kappa shape index (κ3) is 12.4. The molecular formula is C82H54F20N6O2. The smallest absolute Gasteiger partial charge is 0.200 e. The molecule has 7 heterocycles. The Morgan fingerprint density at radius 3 is 0.545 bits per heavy atom. The highest BCUT2D eigenvalue weighted by Crippen LogP contribution is 2.47. The molecule has 2 N–H and O–H groups in total. The molecule has 12 bridgehead atoms. The number of benzene rings is 4. The van der Waals surface area contributed by atoms with E-state index in [-0.39, 0.29) is 43.9 Å². The van der Waals surface area contributed by atoms with Crippen molar-refractivity contribution in [3.63, 3.8) is 0 Å². The minimum atomic E-state index is -2.67. The van der Waals surface area contributed by atoms with Crippen molar-refractivity contribution in [3.05, 3.63) is 243 Å². The van der Waals surface area contributed by atoms with Crippen molar-refractivity contribution < 1.29 is 97.4 Å². The molecule has 6 aliphatic rings. The van der Waals surface area contributed by atoms with E-state index in [1.54, 1.807) is 83.1 Å². The van der Waals surface area contributed by atoms with E-state index in [1.807, 2.05) is 0 Å². The minimum absolute atomic E-state index is 0.0618. The maximum Gasteiger partial charge on any atom is 0.200 e. The van der Waals surface area contributed by atoms with Crippen LogP contribution in [0.1, 0.15) is 129 Å². The van der Waals surface area contributed by atoms with Gasteiger partial charge >= 0.3 is 0 Å². The third-order valence-corrected chi connectivity index (χ3v) is 18.9. The van der Waals surface area contributed by atoms with Crippen LogP contribution >= 0.6 is 0 Å². The van der Waals surface area contributed by atoms with Gasteiger partial charge in [0.25, 0.3) is 0 Å². The molecule has 7 aromatic rings. The summed E-state index contributed by atoms with van der Waals surface area (Å²) in [6.45, 7) is 19.6. The van der Waals surface area contributed by atoms with Crippen LogP contribution in [0.3, 0.4) is 0 Å². The van der Waals surface area contributed by atoms with Crippen molar-refractivity contribution in [2.75, 3.05) is 0 Å². The predicted octanol–water partition coefficient (Wildman–Crippen LogP) is 21.5. The summed E-state index contributed by atoms with van der Waals surface area (Å²) in [6.07, 6.45) is 13.2. The number of H-pyrrole nitrogens is 2. The van der Waals surface area contributed by atoms with Crippen molar-refractivity contribution >= 4 is 93.4 Å². The number of ketones is 2. The van der Waals surface area contributed by atoms with Gasteiger partial charge in [-0.05, 0) is 130 Å². The van der Waals surface area contributed by atoms with E-state index in [0.717, 1.165) is 72.9 Å². The third-order valence-electron chi connectivity index (χ3n) is 18.9. The number of carbonyl (C=O) groups is 2. The van der Waals surface area contributed by atoms with Crippen LogP contribution in [0, 0.1) is 138 Å². The lowest BCUT2D eigenvalue weighted by molar-refractivity contribution is -0.114. The SMILES string of the molecule is CC(C)(C)C1=CC(=c2c3nc(c(-c4c(F)c(F)c(F)c(F)c4F)c4ccc([nH]4)c(-c4c(F)c(F)c(F)c(F)c4F)c4nc(c(=C5C=C(C(C)(C)C)C(=O)C(C(C)(C)C)=C5)c5nc(c(-c6c(F)c(F)c(F)c(F)c6F)c6ccc([nH]6)c(-c6c(F)c(F)c(F)c(F)c6F)c6nc2C=C6)C=C5)C=C4)C=C3)C=C(C(C)(C)C)C1=O. The van der Waals surface area contributed by atoms with Crippen molar-refractivity contribution in [3.8, 4) is 44.5 Å². The van der Waals surface area contributed by atoms with Gasteiger partial charge in [-0.1, -0.05) is 83.1 Å². The van der Waals surface area contributed by atoms with E-state index in [0.29, 0.717) is 0 Å². The second kappa shape index (κ2) is 26.6. The normalized spacial score (nSPS) is 14.6. The number of halogens is 20. The molecule has 2 aliphatic carbocycles. The number of aromatic amines is 2. The lowest BCUT2D eigenvalue weighted by atomic mass is 9.71. The van der Waals surface area contributed by atoms with Crippen LogP contribution < -0.4 is 10.4 Å². The maximum atomic E-state index is 16.9. The zero-order valence-corrected chi connectivity index (χ0v) is 59.4. The Morgan fingerprint density at radius 2 is 0.382 bits per heavy atom. The Labute approximate surface area is 610 Å². The first-order chi connectivity index (χ1) is 51.3. The molecule has 0 saturated carbocycles. The number of fused-ring (bicyclic) bond motifs is 12. The summed E-state index contributed by atoms with van der Waals surface area (Å²) >= 11 is 0. The van der Waals surface area contributed by atoms with Gasteiger partial charge in [-0.25, -0.2) is 108 Å². The van der Waals surface area contributed by atoms with E-state index < -0.39 is 262 Å². The molecule has 564 valence electrons. The number of nitrogens with one attached hydrogen (secondary N) is 2. The number of Topliss-reactive ketones (excluding diaryl/α,β-unsaturated/α-hetero) is 2. The highest BCUT2D eigenvalue weighted by atomic mass is 19.2. The molecule has 0 amide bonds. The summed E-state index contributed by atoms with van der Waals surface area (Å²) in [6, 6.07) is 3.23. The van der Waals surface area contributed by atoms with Crippen molar-refractivity contribution in [1.82, 2.24) is 29.9 Å². The standard InChI is InChI=1S/C82H54F20N6O2/c1-79(2,3)31-25-29(26-32(77(31)109)80(4,5)6)47-35-13-17-39(103-35)49(53-57(83)65(91)73(99)66(92)58(53)84)43-21-23-45(107-43)51(55-61(87)69(95)75(101)70(96)62(55)88)41-19-15-37(105-41)48(30-27-33(81(7,8)9)78(110)34(28-30)82(10,11)12)38-16-20-42(106-38)52(56-63(89)71(97)76(102)72(98)64(56)90)46-24-22-44(108-46)50(40-18-14-36(47)104-40)54-59(85)67(93)74(100)68(94)60(54)86/h13-28,107-108H,1-12H3. The van der Waals surface area contributed by atoms with E-state index in [9.17, 15) is 9.59 Å². The first kappa shape index (κ1) is 76.6. The molecule has 28 heteroatoms. The second-order valence-corrected chi connectivity index (χ2v) is 30.3.